The van der Waals surface area contributed by atoms with Gasteiger partial charge in [0.15, 0.2) is 5.78 Å². The summed E-state index contributed by atoms with van der Waals surface area (Å²) in [5.41, 5.74) is 0.818. The van der Waals surface area contributed by atoms with E-state index in [0.29, 0.717) is 6.42 Å². The van der Waals surface area contributed by atoms with Crippen molar-refractivity contribution in [3.05, 3.63) is 35.6 Å². The summed E-state index contributed by atoms with van der Waals surface area (Å²) in [6.07, 6.45) is 8.10. The minimum Gasteiger partial charge on any atom is -0.497 e. The molecule has 1 aliphatic rings. The van der Waals surface area contributed by atoms with E-state index in [-0.39, 0.29) is 5.78 Å². The van der Waals surface area contributed by atoms with E-state index >= 15 is 0 Å². The average molecular weight is 164 g/mol. The number of allylic oxidation sites excluding steroid dienone is 5. The molecule has 0 aromatic heterocycles. The highest BCUT2D eigenvalue weighted by Crippen LogP contribution is 2.11. The average Bonchev–Trinajstić information content (AvgIpc) is 2.28. The fourth-order valence-electron chi connectivity index (χ4n) is 1.01. The number of ether oxygens (including phenoxy) is 1. The first-order chi connectivity index (χ1) is 5.74. The highest BCUT2D eigenvalue weighted by Gasteiger charge is 2.02. The maximum atomic E-state index is 11.0. The minimum absolute atomic E-state index is 0.119. The Balaban J connectivity index is 2.84. The van der Waals surface area contributed by atoms with Gasteiger partial charge >= 0.3 is 0 Å². The zero-order chi connectivity index (χ0) is 8.97. The SMILES string of the molecule is COC1=CC=C(C(C)=O)CC=C1. The van der Waals surface area contributed by atoms with Gasteiger partial charge in [0.05, 0.1) is 7.11 Å². The summed E-state index contributed by atoms with van der Waals surface area (Å²) in [7, 11) is 1.61. The van der Waals surface area contributed by atoms with Gasteiger partial charge < -0.3 is 4.74 Å². The van der Waals surface area contributed by atoms with Crippen LogP contribution in [-0.2, 0) is 9.53 Å². The number of hydrogen-bond donors (Lipinski definition) is 0. The molecule has 0 aromatic rings. The number of carbonyl (C=O) groups is 1. The summed E-state index contributed by atoms with van der Waals surface area (Å²) in [5.74, 6) is 0.902. The minimum atomic E-state index is 0.119. The van der Waals surface area contributed by atoms with Gasteiger partial charge in [-0.1, -0.05) is 12.2 Å². The van der Waals surface area contributed by atoms with Crippen LogP contribution in [0.5, 0.6) is 0 Å². The number of hydrogen-bond acceptors (Lipinski definition) is 2. The highest BCUT2D eigenvalue weighted by atomic mass is 16.5. The Morgan fingerprint density at radius 1 is 1.50 bits per heavy atom. The lowest BCUT2D eigenvalue weighted by molar-refractivity contribution is -0.113. The van der Waals surface area contributed by atoms with Crippen molar-refractivity contribution >= 4 is 5.78 Å². The first kappa shape index (κ1) is 8.78. The molecular formula is C10H12O2. The second-order valence-corrected chi connectivity index (χ2v) is 2.63. The molecule has 1 aliphatic carbocycles. The summed E-state index contributed by atoms with van der Waals surface area (Å²) in [5, 5.41) is 0. The van der Waals surface area contributed by atoms with E-state index in [9.17, 15) is 4.79 Å². The smallest absolute Gasteiger partial charge is 0.156 e. The maximum Gasteiger partial charge on any atom is 0.156 e. The molecule has 0 unspecified atom stereocenters. The topological polar surface area (TPSA) is 26.3 Å². The van der Waals surface area contributed by atoms with Crippen molar-refractivity contribution in [3.8, 4) is 0 Å². The van der Waals surface area contributed by atoms with Crippen LogP contribution in [0, 0.1) is 0 Å². The third kappa shape index (κ3) is 2.09. The van der Waals surface area contributed by atoms with E-state index in [1.54, 1.807) is 26.2 Å². The molecule has 2 heteroatoms. The molecule has 64 valence electrons. The van der Waals surface area contributed by atoms with Crippen molar-refractivity contribution in [2.75, 3.05) is 7.11 Å². The Hall–Kier alpha value is -1.31. The van der Waals surface area contributed by atoms with Crippen LogP contribution >= 0.6 is 0 Å². The van der Waals surface area contributed by atoms with Gasteiger partial charge in [-0.2, -0.15) is 0 Å². The number of methoxy groups -OCH3 is 1. The van der Waals surface area contributed by atoms with Gasteiger partial charge in [-0.05, 0) is 31.1 Å². The second kappa shape index (κ2) is 3.90. The van der Waals surface area contributed by atoms with Gasteiger partial charge in [-0.25, -0.2) is 0 Å². The lowest BCUT2D eigenvalue weighted by atomic mass is 10.1. The van der Waals surface area contributed by atoms with Crippen molar-refractivity contribution in [2.24, 2.45) is 0 Å². The molecule has 0 aliphatic heterocycles. The Kier molecular flexibility index (Phi) is 2.86. The van der Waals surface area contributed by atoms with Crippen LogP contribution in [0.15, 0.2) is 35.6 Å². The quantitative estimate of drug-likeness (QED) is 0.624. The predicted octanol–water partition coefficient (Wildman–Crippen LogP) is 1.99. The molecule has 0 amide bonds. The van der Waals surface area contributed by atoms with Gasteiger partial charge in [0.1, 0.15) is 5.76 Å². The van der Waals surface area contributed by atoms with Crippen molar-refractivity contribution in [1.29, 1.82) is 0 Å². The van der Waals surface area contributed by atoms with Crippen LogP contribution in [0.3, 0.4) is 0 Å². The molecule has 0 radical (unpaired) electrons. The van der Waals surface area contributed by atoms with Crippen LogP contribution < -0.4 is 0 Å². The summed E-state index contributed by atoms with van der Waals surface area (Å²) < 4.78 is 5.02. The van der Waals surface area contributed by atoms with Crippen LogP contribution in [0.1, 0.15) is 13.3 Å². The summed E-state index contributed by atoms with van der Waals surface area (Å²) in [6, 6.07) is 0. The fourth-order valence-corrected chi connectivity index (χ4v) is 1.01. The highest BCUT2D eigenvalue weighted by molar-refractivity contribution is 5.93. The van der Waals surface area contributed by atoms with Crippen LogP contribution in [0.4, 0.5) is 0 Å². The molecule has 0 bridgehead atoms. The van der Waals surface area contributed by atoms with Crippen molar-refractivity contribution in [2.45, 2.75) is 13.3 Å². The summed E-state index contributed by atoms with van der Waals surface area (Å²) >= 11 is 0. The lowest BCUT2D eigenvalue weighted by Gasteiger charge is -1.94. The normalized spacial score (nSPS) is 16.2. The first-order valence-corrected chi connectivity index (χ1v) is 3.86. The molecule has 0 saturated heterocycles. The number of rotatable bonds is 2. The van der Waals surface area contributed by atoms with E-state index in [1.165, 1.54) is 0 Å². The standard InChI is InChI=1S/C10H12O2/c1-8(11)9-4-3-5-10(12-2)7-6-9/h3,5-7H,4H2,1-2H3. The molecule has 2 nitrogen and oxygen atoms in total. The second-order valence-electron chi connectivity index (χ2n) is 2.63. The zero-order valence-electron chi connectivity index (χ0n) is 7.33. The molecule has 0 N–H and O–H groups in total. The monoisotopic (exact) mass is 164 g/mol. The first-order valence-electron chi connectivity index (χ1n) is 3.86. The van der Waals surface area contributed by atoms with Crippen LogP contribution in [-0.4, -0.2) is 12.9 Å². The predicted molar refractivity (Wildman–Crippen MR) is 47.6 cm³/mol. The maximum absolute atomic E-state index is 11.0. The van der Waals surface area contributed by atoms with Gasteiger partial charge in [0.2, 0.25) is 0 Å². The molecule has 0 spiro atoms. The van der Waals surface area contributed by atoms with Crippen LogP contribution in [0.2, 0.25) is 0 Å². The van der Waals surface area contributed by atoms with Crippen molar-refractivity contribution < 1.29 is 9.53 Å². The Morgan fingerprint density at radius 2 is 2.25 bits per heavy atom. The number of ketones is 1. The molecule has 0 atom stereocenters. The molecule has 1 rings (SSSR count). The Morgan fingerprint density at radius 3 is 2.83 bits per heavy atom. The summed E-state index contributed by atoms with van der Waals surface area (Å²) in [4.78, 5) is 11.0. The third-order valence-electron chi connectivity index (χ3n) is 1.76. The Bertz CT molecular complexity index is 270. The van der Waals surface area contributed by atoms with E-state index in [1.807, 2.05) is 12.2 Å². The molecule has 0 fully saturated rings. The largest absolute Gasteiger partial charge is 0.497 e. The van der Waals surface area contributed by atoms with Gasteiger partial charge in [0, 0.05) is 0 Å². The summed E-state index contributed by atoms with van der Waals surface area (Å²) in [6.45, 7) is 1.57. The van der Waals surface area contributed by atoms with Gasteiger partial charge in [-0.3, -0.25) is 4.79 Å². The Labute approximate surface area is 72.2 Å². The zero-order valence-corrected chi connectivity index (χ0v) is 7.33. The van der Waals surface area contributed by atoms with E-state index in [4.69, 9.17) is 4.74 Å². The van der Waals surface area contributed by atoms with E-state index < -0.39 is 0 Å². The molecular weight excluding hydrogens is 152 g/mol. The lowest BCUT2D eigenvalue weighted by Crippen LogP contribution is -1.93. The third-order valence-corrected chi connectivity index (χ3v) is 1.76. The molecule has 0 heterocycles. The molecule has 12 heavy (non-hydrogen) atoms. The molecule has 0 aromatic carbocycles. The fraction of sp³-hybridized carbons (Fsp3) is 0.300. The van der Waals surface area contributed by atoms with Crippen molar-refractivity contribution in [1.82, 2.24) is 0 Å². The number of carbonyl (C=O) groups excluding carboxylic acids is 1. The van der Waals surface area contributed by atoms with E-state index in [0.717, 1.165) is 11.3 Å². The van der Waals surface area contributed by atoms with Crippen molar-refractivity contribution in [3.63, 3.8) is 0 Å². The van der Waals surface area contributed by atoms with Gasteiger partial charge in [0.25, 0.3) is 0 Å². The van der Waals surface area contributed by atoms with Crippen LogP contribution in [0.25, 0.3) is 0 Å². The number of Topliss-reactive ketones (excluding diaryl/α,β-unsaturated/α-hetero) is 1. The van der Waals surface area contributed by atoms with Gasteiger partial charge in [-0.15, -0.1) is 0 Å². The van der Waals surface area contributed by atoms with E-state index in [2.05, 4.69) is 0 Å². The molecule has 0 saturated carbocycles.